The van der Waals surface area contributed by atoms with Gasteiger partial charge in [-0.1, -0.05) is 0 Å². The van der Waals surface area contributed by atoms with Gasteiger partial charge in [0.15, 0.2) is 0 Å². The molecule has 1 aliphatic carbocycles. The molecule has 1 aromatic rings. The molecular formula is C15H18N2O4. The maximum Gasteiger partial charge on any atom is 0.339 e. The van der Waals surface area contributed by atoms with Gasteiger partial charge in [0, 0.05) is 11.7 Å². The first-order valence-corrected chi connectivity index (χ1v) is 7.14. The Morgan fingerprint density at radius 2 is 2.10 bits per heavy atom. The van der Waals surface area contributed by atoms with Gasteiger partial charge in [-0.15, -0.1) is 0 Å². The van der Waals surface area contributed by atoms with E-state index in [9.17, 15) is 14.7 Å². The molecule has 4 N–H and O–H groups in total. The van der Waals surface area contributed by atoms with Crippen LogP contribution < -0.4 is 10.6 Å². The smallest absolute Gasteiger partial charge is 0.339 e. The Hall–Kier alpha value is -2.08. The first-order chi connectivity index (χ1) is 10.0. The van der Waals surface area contributed by atoms with Crippen LogP contribution in [0, 0.1) is 5.41 Å². The van der Waals surface area contributed by atoms with Gasteiger partial charge in [0.25, 0.3) is 0 Å². The number of carboxylic acids is 1. The molecule has 2 fully saturated rings. The number of amides is 1. The number of hydrogen-bond donors (Lipinski definition) is 4. The van der Waals surface area contributed by atoms with Crippen LogP contribution >= 0.6 is 0 Å². The lowest BCUT2D eigenvalue weighted by Gasteiger charge is -2.22. The lowest BCUT2D eigenvalue weighted by molar-refractivity contribution is -0.122. The minimum atomic E-state index is -1.22. The lowest BCUT2D eigenvalue weighted by Crippen LogP contribution is -2.40. The zero-order valence-electron chi connectivity index (χ0n) is 11.6. The van der Waals surface area contributed by atoms with Gasteiger partial charge in [0.05, 0.1) is 5.41 Å². The maximum atomic E-state index is 12.5. The highest BCUT2D eigenvalue weighted by molar-refractivity contribution is 5.99. The summed E-state index contributed by atoms with van der Waals surface area (Å²) in [5, 5.41) is 24.6. The first-order valence-electron chi connectivity index (χ1n) is 7.14. The molecule has 1 aliphatic heterocycles. The van der Waals surface area contributed by atoms with Crippen LogP contribution in [0.2, 0.25) is 0 Å². The Kier molecular flexibility index (Phi) is 3.33. The number of hydrogen-bond acceptors (Lipinski definition) is 4. The summed E-state index contributed by atoms with van der Waals surface area (Å²) in [6.07, 6.45) is 3.81. The fourth-order valence-electron chi connectivity index (χ4n) is 3.07. The topological polar surface area (TPSA) is 98.7 Å². The van der Waals surface area contributed by atoms with Crippen molar-refractivity contribution >= 4 is 17.6 Å². The van der Waals surface area contributed by atoms with E-state index in [0.717, 1.165) is 32.2 Å². The molecule has 1 heterocycles. The van der Waals surface area contributed by atoms with Gasteiger partial charge in [-0.25, -0.2) is 4.79 Å². The zero-order valence-corrected chi connectivity index (χ0v) is 11.6. The Labute approximate surface area is 122 Å². The molecule has 1 unspecified atom stereocenters. The van der Waals surface area contributed by atoms with E-state index in [2.05, 4.69) is 10.6 Å². The van der Waals surface area contributed by atoms with Crippen molar-refractivity contribution in [2.45, 2.75) is 31.7 Å². The van der Waals surface area contributed by atoms with Crippen LogP contribution in [0.3, 0.4) is 0 Å². The molecule has 1 amide bonds. The van der Waals surface area contributed by atoms with Crippen molar-refractivity contribution in [1.82, 2.24) is 5.32 Å². The molecule has 6 heteroatoms. The van der Waals surface area contributed by atoms with Gasteiger partial charge in [0.1, 0.15) is 11.3 Å². The van der Waals surface area contributed by atoms with Gasteiger partial charge < -0.3 is 20.8 Å². The summed E-state index contributed by atoms with van der Waals surface area (Å²) in [5.74, 6) is -1.59. The van der Waals surface area contributed by atoms with Crippen LogP contribution in [0.15, 0.2) is 18.2 Å². The van der Waals surface area contributed by atoms with Gasteiger partial charge in [-0.3, -0.25) is 4.79 Å². The standard InChI is InChI=1S/C15H18N2O4/c18-11-4-3-9(8-10(11)13(19)20)17-14(21)15(5-6-15)12-2-1-7-16-12/h3-4,8,12,16,18H,1-2,5-7H2,(H,17,21)(H,19,20). The molecule has 0 bridgehead atoms. The van der Waals surface area contributed by atoms with Crippen LogP contribution in [0.4, 0.5) is 5.69 Å². The summed E-state index contributed by atoms with van der Waals surface area (Å²) >= 11 is 0. The number of anilines is 1. The van der Waals surface area contributed by atoms with Gasteiger partial charge in [0.2, 0.25) is 5.91 Å². The zero-order chi connectivity index (χ0) is 15.0. The summed E-state index contributed by atoms with van der Waals surface area (Å²) in [6, 6.07) is 4.30. The van der Waals surface area contributed by atoms with Crippen LogP contribution in [0.1, 0.15) is 36.0 Å². The predicted molar refractivity (Wildman–Crippen MR) is 76.4 cm³/mol. The molecule has 6 nitrogen and oxygen atoms in total. The molecule has 2 aliphatic rings. The summed E-state index contributed by atoms with van der Waals surface area (Å²) in [5.41, 5.74) is -0.159. The number of rotatable bonds is 4. The minimum absolute atomic E-state index is 0.0658. The third-order valence-electron chi connectivity index (χ3n) is 4.45. The van der Waals surface area contributed by atoms with E-state index in [1.807, 2.05) is 0 Å². The van der Waals surface area contributed by atoms with Crippen LogP contribution in [0.25, 0.3) is 0 Å². The average Bonchev–Trinajstić information content (AvgIpc) is 3.08. The van der Waals surface area contributed by atoms with Crippen LogP contribution in [-0.4, -0.2) is 34.7 Å². The number of nitrogens with one attached hydrogen (secondary N) is 2. The summed E-state index contributed by atoms with van der Waals surface area (Å²) in [4.78, 5) is 23.5. The van der Waals surface area contributed by atoms with Crippen molar-refractivity contribution in [3.63, 3.8) is 0 Å². The quantitative estimate of drug-likeness (QED) is 0.631. The highest BCUT2D eigenvalue weighted by atomic mass is 16.4. The molecule has 0 aromatic heterocycles. The van der Waals surface area contributed by atoms with Gasteiger partial charge in [-0.2, -0.15) is 0 Å². The minimum Gasteiger partial charge on any atom is -0.507 e. The fourth-order valence-corrected chi connectivity index (χ4v) is 3.07. The molecule has 112 valence electrons. The second-order valence-corrected chi connectivity index (χ2v) is 5.80. The largest absolute Gasteiger partial charge is 0.507 e. The number of aromatic hydroxyl groups is 1. The highest BCUT2D eigenvalue weighted by Gasteiger charge is 2.55. The number of carboxylic acid groups (broad SMARTS) is 1. The lowest BCUT2D eigenvalue weighted by atomic mass is 9.94. The molecule has 1 atom stereocenters. The van der Waals surface area contributed by atoms with E-state index in [1.165, 1.54) is 18.2 Å². The Bertz CT molecular complexity index is 589. The van der Waals surface area contributed by atoms with Crippen molar-refractivity contribution in [2.75, 3.05) is 11.9 Å². The van der Waals surface area contributed by atoms with E-state index in [1.54, 1.807) is 0 Å². The van der Waals surface area contributed by atoms with Crippen LogP contribution in [0.5, 0.6) is 5.75 Å². The van der Waals surface area contributed by atoms with Gasteiger partial charge in [-0.05, 0) is 50.4 Å². The maximum absolute atomic E-state index is 12.5. The monoisotopic (exact) mass is 290 g/mol. The van der Waals surface area contributed by atoms with Gasteiger partial charge >= 0.3 is 5.97 Å². The van der Waals surface area contributed by atoms with Crippen molar-refractivity contribution in [3.8, 4) is 5.75 Å². The van der Waals surface area contributed by atoms with E-state index in [4.69, 9.17) is 5.11 Å². The number of aromatic carboxylic acids is 1. The number of carbonyl (C=O) groups is 2. The third-order valence-corrected chi connectivity index (χ3v) is 4.45. The molecule has 0 radical (unpaired) electrons. The fraction of sp³-hybridized carbons (Fsp3) is 0.467. The van der Waals surface area contributed by atoms with E-state index in [-0.39, 0.29) is 28.7 Å². The molecule has 1 saturated heterocycles. The molecule has 3 rings (SSSR count). The SMILES string of the molecule is O=C(O)c1cc(NC(=O)C2(C3CCCN3)CC2)ccc1O. The van der Waals surface area contributed by atoms with E-state index >= 15 is 0 Å². The van der Waals surface area contributed by atoms with Crippen molar-refractivity contribution in [2.24, 2.45) is 5.41 Å². The normalized spacial score (nSPS) is 22.8. The molecule has 1 aromatic carbocycles. The second kappa shape index (κ2) is 5.04. The Morgan fingerprint density at radius 1 is 1.33 bits per heavy atom. The molecular weight excluding hydrogens is 272 g/mol. The molecule has 1 saturated carbocycles. The summed E-state index contributed by atoms with van der Waals surface area (Å²) in [6.45, 7) is 0.946. The third kappa shape index (κ3) is 2.47. The second-order valence-electron chi connectivity index (χ2n) is 5.80. The Balaban J connectivity index is 1.76. The van der Waals surface area contributed by atoms with Crippen molar-refractivity contribution in [1.29, 1.82) is 0 Å². The number of benzene rings is 1. The number of phenols is 1. The first kappa shape index (κ1) is 13.9. The Morgan fingerprint density at radius 3 is 2.67 bits per heavy atom. The van der Waals surface area contributed by atoms with Crippen molar-refractivity contribution in [3.05, 3.63) is 23.8 Å². The predicted octanol–water partition coefficient (Wildman–Crippen LogP) is 1.56. The summed E-state index contributed by atoms with van der Waals surface area (Å²) < 4.78 is 0. The highest BCUT2D eigenvalue weighted by Crippen LogP contribution is 2.51. The molecule has 0 spiro atoms. The van der Waals surface area contributed by atoms with E-state index < -0.39 is 5.97 Å². The average molecular weight is 290 g/mol. The van der Waals surface area contributed by atoms with Crippen molar-refractivity contribution < 1.29 is 19.8 Å². The summed E-state index contributed by atoms with van der Waals surface area (Å²) in [7, 11) is 0. The molecule has 21 heavy (non-hydrogen) atoms. The van der Waals surface area contributed by atoms with Crippen LogP contribution in [-0.2, 0) is 4.79 Å². The number of carbonyl (C=O) groups excluding carboxylic acids is 1. The van der Waals surface area contributed by atoms with E-state index in [0.29, 0.717) is 5.69 Å².